The van der Waals surface area contributed by atoms with E-state index in [0.717, 1.165) is 41.9 Å². The van der Waals surface area contributed by atoms with E-state index in [9.17, 15) is 27.6 Å². The molecule has 1 unspecified atom stereocenters. The highest BCUT2D eigenvalue weighted by Gasteiger charge is 2.58. The minimum atomic E-state index is -4.50. The molecule has 1 heterocycles. The number of benzene rings is 2. The minimum Gasteiger partial charge on any atom is -0.348 e. The number of nitrogens with zero attached hydrogens (tertiary/aromatic N) is 2. The number of nitrogens with one attached hydrogen (secondary N) is 1. The van der Waals surface area contributed by atoms with Gasteiger partial charge in [0.15, 0.2) is 0 Å². The molecule has 0 aromatic heterocycles. The molecule has 1 aliphatic heterocycles. The second-order valence-corrected chi connectivity index (χ2v) is 9.59. The van der Waals surface area contributed by atoms with Crippen LogP contribution >= 0.6 is 0 Å². The van der Waals surface area contributed by atoms with Gasteiger partial charge in [0.05, 0.1) is 11.6 Å². The molecule has 1 spiro atoms. The Morgan fingerprint density at radius 2 is 1.72 bits per heavy atom. The summed E-state index contributed by atoms with van der Waals surface area (Å²) in [6, 6.07) is 10.9. The fraction of sp³-hybridized carbons (Fsp3) is 0.444. The number of urea groups is 1. The molecule has 1 atom stereocenters. The van der Waals surface area contributed by atoms with E-state index in [2.05, 4.69) is 5.32 Å². The largest absolute Gasteiger partial charge is 0.416 e. The number of alkyl halides is 3. The number of halogens is 3. The highest BCUT2D eigenvalue weighted by atomic mass is 19.4. The zero-order valence-corrected chi connectivity index (χ0v) is 20.4. The van der Waals surface area contributed by atoms with Gasteiger partial charge in [0.25, 0.3) is 5.91 Å². The van der Waals surface area contributed by atoms with Crippen molar-refractivity contribution in [2.24, 2.45) is 0 Å². The number of hydrogen-bond acceptors (Lipinski definition) is 3. The fourth-order valence-corrected chi connectivity index (χ4v) is 5.24. The molecule has 0 radical (unpaired) electrons. The standard InChI is InChI=1S/C27H30F3N3O3/c1-3-22(19-8-7-9-20(16-19)27(28,29)30)31-23(34)17-32-24(35)26(14-5-4-6-15-26)33(25(32)36)21-12-10-18(2)11-13-21/h7-13,16,22H,3-6,14-15,17H2,1-2H3,(H,31,34). The Labute approximate surface area is 208 Å². The summed E-state index contributed by atoms with van der Waals surface area (Å²) in [7, 11) is 0. The highest BCUT2D eigenvalue weighted by Crippen LogP contribution is 2.43. The predicted molar refractivity (Wildman–Crippen MR) is 129 cm³/mol. The molecule has 1 saturated carbocycles. The van der Waals surface area contributed by atoms with Gasteiger partial charge in [-0.2, -0.15) is 13.2 Å². The molecule has 0 bridgehead atoms. The van der Waals surface area contributed by atoms with Gasteiger partial charge in [-0.1, -0.05) is 56.0 Å². The lowest BCUT2D eigenvalue weighted by Crippen LogP contribution is -2.51. The highest BCUT2D eigenvalue weighted by molar-refractivity contribution is 6.18. The first-order valence-electron chi connectivity index (χ1n) is 12.3. The van der Waals surface area contributed by atoms with E-state index in [0.29, 0.717) is 30.5 Å². The number of rotatable bonds is 6. The van der Waals surface area contributed by atoms with E-state index in [1.807, 2.05) is 19.1 Å². The number of carbonyl (C=O) groups excluding carboxylic acids is 3. The molecule has 1 aliphatic carbocycles. The molecular formula is C27H30F3N3O3. The van der Waals surface area contributed by atoms with E-state index in [1.165, 1.54) is 17.0 Å². The summed E-state index contributed by atoms with van der Waals surface area (Å²) in [4.78, 5) is 42.6. The molecule has 1 saturated heterocycles. The van der Waals surface area contributed by atoms with Gasteiger partial charge in [0.1, 0.15) is 12.1 Å². The van der Waals surface area contributed by atoms with E-state index in [-0.39, 0.29) is 0 Å². The SMILES string of the molecule is CCC(NC(=O)CN1C(=O)N(c2ccc(C)cc2)C2(CCCCC2)C1=O)c1cccc(C(F)(F)F)c1. The van der Waals surface area contributed by atoms with Crippen LogP contribution in [0.1, 0.15) is 68.2 Å². The maximum Gasteiger partial charge on any atom is 0.416 e. The molecule has 1 N–H and O–H groups in total. The smallest absolute Gasteiger partial charge is 0.348 e. The Hall–Kier alpha value is -3.36. The Bertz CT molecular complexity index is 1140. The predicted octanol–water partition coefficient (Wildman–Crippen LogP) is 5.75. The van der Waals surface area contributed by atoms with E-state index < -0.39 is 47.7 Å². The van der Waals surface area contributed by atoms with Crippen molar-refractivity contribution >= 4 is 23.5 Å². The van der Waals surface area contributed by atoms with Crippen LogP contribution in [0.2, 0.25) is 0 Å². The summed E-state index contributed by atoms with van der Waals surface area (Å²) in [6.07, 6.45) is -0.546. The number of anilines is 1. The van der Waals surface area contributed by atoms with E-state index in [1.54, 1.807) is 19.1 Å². The van der Waals surface area contributed by atoms with Crippen molar-refractivity contribution in [1.29, 1.82) is 0 Å². The third-order valence-corrected chi connectivity index (χ3v) is 7.13. The third-order valence-electron chi connectivity index (χ3n) is 7.13. The maximum atomic E-state index is 13.6. The molecule has 36 heavy (non-hydrogen) atoms. The van der Waals surface area contributed by atoms with Crippen LogP contribution in [0.5, 0.6) is 0 Å². The van der Waals surface area contributed by atoms with Crippen LogP contribution in [0.15, 0.2) is 48.5 Å². The number of aryl methyl sites for hydroxylation is 1. The van der Waals surface area contributed by atoms with Crippen LogP contribution in [0.3, 0.4) is 0 Å². The van der Waals surface area contributed by atoms with Gasteiger partial charge in [-0.25, -0.2) is 4.79 Å². The van der Waals surface area contributed by atoms with Crippen LogP contribution in [0, 0.1) is 6.92 Å². The first-order valence-corrected chi connectivity index (χ1v) is 12.3. The first-order chi connectivity index (χ1) is 17.1. The van der Waals surface area contributed by atoms with Crippen molar-refractivity contribution in [3.8, 4) is 0 Å². The number of carbonyl (C=O) groups is 3. The van der Waals surface area contributed by atoms with Crippen molar-refractivity contribution in [3.63, 3.8) is 0 Å². The van der Waals surface area contributed by atoms with Gasteiger partial charge in [-0.15, -0.1) is 0 Å². The summed E-state index contributed by atoms with van der Waals surface area (Å²) < 4.78 is 39.5. The molecule has 2 aromatic rings. The lowest BCUT2D eigenvalue weighted by Gasteiger charge is -2.38. The Morgan fingerprint density at radius 1 is 1.06 bits per heavy atom. The normalized spacial score (nSPS) is 18.6. The fourth-order valence-electron chi connectivity index (χ4n) is 5.24. The maximum absolute atomic E-state index is 13.6. The van der Waals surface area contributed by atoms with Crippen molar-refractivity contribution < 1.29 is 27.6 Å². The van der Waals surface area contributed by atoms with Gasteiger partial charge in [-0.05, 0) is 56.0 Å². The van der Waals surface area contributed by atoms with Crippen LogP contribution in [0.25, 0.3) is 0 Å². The summed E-state index contributed by atoms with van der Waals surface area (Å²) in [5.74, 6) is -0.993. The quantitative estimate of drug-likeness (QED) is 0.512. The Morgan fingerprint density at radius 3 is 2.33 bits per heavy atom. The van der Waals surface area contributed by atoms with E-state index >= 15 is 0 Å². The van der Waals surface area contributed by atoms with Gasteiger partial charge in [-0.3, -0.25) is 19.4 Å². The summed E-state index contributed by atoms with van der Waals surface area (Å²) in [6.45, 7) is 3.19. The van der Waals surface area contributed by atoms with Crippen LogP contribution in [-0.4, -0.2) is 34.8 Å². The molecule has 2 fully saturated rings. The topological polar surface area (TPSA) is 69.7 Å². The lowest BCUT2D eigenvalue weighted by atomic mass is 9.80. The van der Waals surface area contributed by atoms with Crippen molar-refractivity contribution in [3.05, 3.63) is 65.2 Å². The monoisotopic (exact) mass is 501 g/mol. The lowest BCUT2D eigenvalue weighted by molar-refractivity contribution is -0.137. The second-order valence-electron chi connectivity index (χ2n) is 9.59. The Kier molecular flexibility index (Phi) is 7.11. The Balaban J connectivity index is 1.56. The molecule has 4 amide bonds. The van der Waals surface area contributed by atoms with Crippen LogP contribution in [-0.2, 0) is 15.8 Å². The number of hydrogen-bond donors (Lipinski definition) is 1. The van der Waals surface area contributed by atoms with Crippen LogP contribution < -0.4 is 10.2 Å². The van der Waals surface area contributed by atoms with Crippen molar-refractivity contribution in [2.75, 3.05) is 11.4 Å². The zero-order chi connectivity index (χ0) is 26.1. The van der Waals surface area contributed by atoms with Crippen LogP contribution in [0.4, 0.5) is 23.7 Å². The van der Waals surface area contributed by atoms with E-state index in [4.69, 9.17) is 0 Å². The third kappa shape index (κ3) is 4.83. The van der Waals surface area contributed by atoms with Gasteiger partial charge in [0, 0.05) is 5.69 Å². The molecule has 2 aliphatic rings. The average molecular weight is 502 g/mol. The summed E-state index contributed by atoms with van der Waals surface area (Å²) in [5, 5.41) is 2.71. The average Bonchev–Trinajstić information content (AvgIpc) is 3.04. The minimum absolute atomic E-state index is 0.310. The number of amides is 4. The summed E-state index contributed by atoms with van der Waals surface area (Å²) in [5.41, 5.74) is 0.121. The molecule has 2 aromatic carbocycles. The van der Waals surface area contributed by atoms with Crippen molar-refractivity contribution in [1.82, 2.24) is 10.2 Å². The molecule has 192 valence electrons. The van der Waals surface area contributed by atoms with Crippen molar-refractivity contribution in [2.45, 2.75) is 70.1 Å². The molecular weight excluding hydrogens is 471 g/mol. The summed E-state index contributed by atoms with van der Waals surface area (Å²) >= 11 is 0. The molecule has 9 heteroatoms. The molecule has 4 rings (SSSR count). The van der Waals surface area contributed by atoms with Gasteiger partial charge >= 0.3 is 12.2 Å². The molecule has 6 nitrogen and oxygen atoms in total. The first kappa shape index (κ1) is 25.7. The van der Waals surface area contributed by atoms with Gasteiger partial charge in [0.2, 0.25) is 5.91 Å². The van der Waals surface area contributed by atoms with Gasteiger partial charge < -0.3 is 5.32 Å². The zero-order valence-electron chi connectivity index (χ0n) is 20.4. The second kappa shape index (κ2) is 9.95. The number of imide groups is 1.